The summed E-state index contributed by atoms with van der Waals surface area (Å²) in [6.45, 7) is 0.411. The molecule has 1 heterocycles. The molecule has 1 aromatic rings. The quantitative estimate of drug-likeness (QED) is 0.886. The van der Waals surface area contributed by atoms with Crippen LogP contribution in [-0.4, -0.2) is 30.9 Å². The Bertz CT molecular complexity index is 462. The minimum Gasteiger partial charge on any atom is -0.406 e. The largest absolute Gasteiger partial charge is 0.573 e. The molecule has 18 heavy (non-hydrogen) atoms. The maximum Gasteiger partial charge on any atom is 0.573 e. The molecule has 0 aliphatic carbocycles. The second-order valence-electron chi connectivity index (χ2n) is 4.00. The van der Waals surface area contributed by atoms with Crippen LogP contribution in [-0.2, 0) is 0 Å². The first-order valence-electron chi connectivity index (χ1n) is 5.22. The highest BCUT2D eigenvalue weighted by Gasteiger charge is 2.32. The van der Waals surface area contributed by atoms with Gasteiger partial charge >= 0.3 is 12.4 Å². The maximum atomic E-state index is 12.1. The van der Waals surface area contributed by atoms with Crippen LogP contribution < -0.4 is 10.1 Å². The van der Waals surface area contributed by atoms with E-state index in [1.807, 2.05) is 0 Å². The number of nitrogens with zero attached hydrogens (tertiary/aromatic N) is 1. The molecule has 1 aliphatic heterocycles. The summed E-state index contributed by atoms with van der Waals surface area (Å²) < 4.78 is 40.1. The number of carbonyl (C=O) groups excluding carboxylic acids is 1. The minimum atomic E-state index is -4.71. The zero-order valence-corrected chi connectivity index (χ0v) is 9.49. The van der Waals surface area contributed by atoms with E-state index in [1.165, 1.54) is 23.1 Å². The fourth-order valence-electron chi connectivity index (χ4n) is 1.78. The molecule has 0 spiro atoms. The number of urea groups is 1. The van der Waals surface area contributed by atoms with Gasteiger partial charge in [-0.1, -0.05) is 12.1 Å². The molecule has 1 aromatic carbocycles. The van der Waals surface area contributed by atoms with E-state index in [2.05, 4.69) is 10.1 Å². The number of likely N-dealkylation sites (N-methyl/N-ethyl adjacent to an activating group) is 1. The Morgan fingerprint density at radius 3 is 2.72 bits per heavy atom. The average Bonchev–Trinajstić information content (AvgIpc) is 2.57. The zero-order chi connectivity index (χ0) is 13.3. The fourth-order valence-corrected chi connectivity index (χ4v) is 1.78. The van der Waals surface area contributed by atoms with E-state index in [4.69, 9.17) is 0 Å². The van der Waals surface area contributed by atoms with Crippen LogP contribution in [0.25, 0.3) is 0 Å². The number of ether oxygens (including phenoxy) is 1. The number of halogens is 3. The second-order valence-corrected chi connectivity index (χ2v) is 4.00. The highest BCUT2D eigenvalue weighted by molar-refractivity contribution is 5.76. The summed E-state index contributed by atoms with van der Waals surface area (Å²) in [5.74, 6) is -0.288. The molecule has 0 saturated carbocycles. The van der Waals surface area contributed by atoms with E-state index in [9.17, 15) is 18.0 Å². The molecule has 0 radical (unpaired) electrons. The van der Waals surface area contributed by atoms with Gasteiger partial charge in [-0.15, -0.1) is 13.2 Å². The van der Waals surface area contributed by atoms with Crippen molar-refractivity contribution in [1.29, 1.82) is 0 Å². The third-order valence-corrected chi connectivity index (χ3v) is 2.59. The van der Waals surface area contributed by atoms with E-state index in [0.29, 0.717) is 12.1 Å². The van der Waals surface area contributed by atoms with E-state index in [-0.39, 0.29) is 17.8 Å². The predicted octanol–water partition coefficient (Wildman–Crippen LogP) is 2.28. The molecule has 1 fully saturated rings. The van der Waals surface area contributed by atoms with Crippen LogP contribution in [0.15, 0.2) is 24.3 Å². The van der Waals surface area contributed by atoms with Crippen LogP contribution >= 0.6 is 0 Å². The Balaban J connectivity index is 2.15. The Morgan fingerprint density at radius 2 is 2.17 bits per heavy atom. The van der Waals surface area contributed by atoms with E-state index in [1.54, 1.807) is 13.1 Å². The van der Waals surface area contributed by atoms with Crippen molar-refractivity contribution in [3.8, 4) is 5.75 Å². The summed E-state index contributed by atoms with van der Waals surface area (Å²) in [5, 5.41) is 2.66. The molecule has 0 bridgehead atoms. The van der Waals surface area contributed by atoms with Crippen molar-refractivity contribution in [2.24, 2.45) is 0 Å². The molecular weight excluding hydrogens is 249 g/mol. The molecule has 4 nitrogen and oxygen atoms in total. The number of rotatable bonds is 2. The Hall–Kier alpha value is -1.92. The summed E-state index contributed by atoms with van der Waals surface area (Å²) in [7, 11) is 1.62. The van der Waals surface area contributed by atoms with Crippen molar-refractivity contribution < 1.29 is 22.7 Å². The van der Waals surface area contributed by atoms with Crippen molar-refractivity contribution in [3.05, 3.63) is 29.8 Å². The van der Waals surface area contributed by atoms with Gasteiger partial charge < -0.3 is 15.0 Å². The van der Waals surface area contributed by atoms with Crippen LogP contribution in [0.4, 0.5) is 18.0 Å². The van der Waals surface area contributed by atoms with Gasteiger partial charge in [-0.05, 0) is 17.7 Å². The van der Waals surface area contributed by atoms with Crippen LogP contribution in [0, 0.1) is 0 Å². The summed E-state index contributed by atoms with van der Waals surface area (Å²) in [4.78, 5) is 12.7. The van der Waals surface area contributed by atoms with Crippen LogP contribution in [0.3, 0.4) is 0 Å². The number of amides is 2. The first-order chi connectivity index (χ1) is 8.35. The summed E-state index contributed by atoms with van der Waals surface area (Å²) in [6.07, 6.45) is -4.71. The zero-order valence-electron chi connectivity index (χ0n) is 9.49. The van der Waals surface area contributed by atoms with Gasteiger partial charge in [0.15, 0.2) is 0 Å². The maximum absolute atomic E-state index is 12.1. The van der Waals surface area contributed by atoms with Gasteiger partial charge in [-0.2, -0.15) is 0 Å². The van der Waals surface area contributed by atoms with Gasteiger partial charge in [-0.3, -0.25) is 0 Å². The lowest BCUT2D eigenvalue weighted by Gasteiger charge is -2.13. The van der Waals surface area contributed by atoms with Gasteiger partial charge in [0.1, 0.15) is 5.75 Å². The van der Waals surface area contributed by atoms with Crippen molar-refractivity contribution in [2.75, 3.05) is 13.6 Å². The van der Waals surface area contributed by atoms with Gasteiger partial charge in [0, 0.05) is 13.6 Å². The Morgan fingerprint density at radius 1 is 1.44 bits per heavy atom. The smallest absolute Gasteiger partial charge is 0.406 e. The molecule has 0 aromatic heterocycles. The molecule has 1 N–H and O–H groups in total. The standard InChI is InChI=1S/C11H11F3N2O2/c1-16-6-9(15-10(16)17)7-3-2-4-8(5-7)18-11(12,13)14/h2-5,9H,6H2,1H3,(H,15,17). The Kier molecular flexibility index (Phi) is 3.06. The van der Waals surface area contributed by atoms with Crippen molar-refractivity contribution in [1.82, 2.24) is 10.2 Å². The number of hydrogen-bond donors (Lipinski definition) is 1. The molecule has 1 unspecified atom stereocenters. The van der Waals surface area contributed by atoms with Gasteiger partial charge in [0.25, 0.3) is 0 Å². The fraction of sp³-hybridized carbons (Fsp3) is 0.364. The van der Waals surface area contributed by atoms with E-state index < -0.39 is 6.36 Å². The highest BCUT2D eigenvalue weighted by atomic mass is 19.4. The monoisotopic (exact) mass is 260 g/mol. The molecule has 1 saturated heterocycles. The number of carbonyl (C=O) groups is 1. The lowest BCUT2D eigenvalue weighted by molar-refractivity contribution is -0.274. The Labute approximate surface area is 101 Å². The molecule has 2 amide bonds. The predicted molar refractivity (Wildman–Crippen MR) is 57.0 cm³/mol. The topological polar surface area (TPSA) is 41.6 Å². The summed E-state index contributed by atoms with van der Waals surface area (Å²) >= 11 is 0. The van der Waals surface area contributed by atoms with Crippen molar-refractivity contribution in [2.45, 2.75) is 12.4 Å². The van der Waals surface area contributed by atoms with Gasteiger partial charge in [-0.25, -0.2) is 4.79 Å². The lowest BCUT2D eigenvalue weighted by atomic mass is 10.1. The SMILES string of the molecule is CN1CC(c2cccc(OC(F)(F)F)c2)NC1=O. The molecule has 1 atom stereocenters. The number of hydrogen-bond acceptors (Lipinski definition) is 2. The number of alkyl halides is 3. The van der Waals surface area contributed by atoms with Crippen LogP contribution in [0.5, 0.6) is 5.75 Å². The number of nitrogens with one attached hydrogen (secondary N) is 1. The third-order valence-electron chi connectivity index (χ3n) is 2.59. The molecule has 1 aliphatic rings. The number of benzene rings is 1. The van der Waals surface area contributed by atoms with Crippen molar-refractivity contribution in [3.63, 3.8) is 0 Å². The van der Waals surface area contributed by atoms with Gasteiger partial charge in [0.05, 0.1) is 6.04 Å². The molecular formula is C11H11F3N2O2. The third kappa shape index (κ3) is 2.85. The lowest BCUT2D eigenvalue weighted by Crippen LogP contribution is -2.24. The molecule has 98 valence electrons. The molecule has 7 heteroatoms. The van der Waals surface area contributed by atoms with Crippen molar-refractivity contribution >= 4 is 6.03 Å². The van der Waals surface area contributed by atoms with E-state index in [0.717, 1.165) is 0 Å². The summed E-state index contributed by atoms with van der Waals surface area (Å²) in [6, 6.07) is 5.03. The van der Waals surface area contributed by atoms with Crippen LogP contribution in [0.2, 0.25) is 0 Å². The summed E-state index contributed by atoms with van der Waals surface area (Å²) in [5.41, 5.74) is 0.578. The molecule has 2 rings (SSSR count). The average molecular weight is 260 g/mol. The minimum absolute atomic E-state index is 0.248. The first kappa shape index (κ1) is 12.5. The highest BCUT2D eigenvalue weighted by Crippen LogP contribution is 2.27. The van der Waals surface area contributed by atoms with E-state index >= 15 is 0 Å². The van der Waals surface area contributed by atoms with Crippen LogP contribution in [0.1, 0.15) is 11.6 Å². The van der Waals surface area contributed by atoms with Gasteiger partial charge in [0.2, 0.25) is 0 Å². The first-order valence-corrected chi connectivity index (χ1v) is 5.22. The second kappa shape index (κ2) is 4.40. The normalized spacial score (nSPS) is 19.9.